The van der Waals surface area contributed by atoms with Crippen LogP contribution in [0.3, 0.4) is 0 Å². The van der Waals surface area contributed by atoms with Gasteiger partial charge in [-0.2, -0.15) is 4.68 Å². The van der Waals surface area contributed by atoms with Crippen LogP contribution in [0.1, 0.15) is 30.0 Å². The van der Waals surface area contributed by atoms with Crippen LogP contribution >= 0.6 is 0 Å². The van der Waals surface area contributed by atoms with E-state index in [9.17, 15) is 9.18 Å². The zero-order valence-corrected chi connectivity index (χ0v) is 17.6. The van der Waals surface area contributed by atoms with Crippen molar-refractivity contribution >= 4 is 5.91 Å². The molecule has 1 aliphatic rings. The zero-order valence-electron chi connectivity index (χ0n) is 17.6. The number of halogens is 1. The van der Waals surface area contributed by atoms with Gasteiger partial charge in [0, 0.05) is 31.7 Å². The third kappa shape index (κ3) is 5.05. The summed E-state index contributed by atoms with van der Waals surface area (Å²) in [7, 11) is 0. The van der Waals surface area contributed by atoms with Gasteiger partial charge in [0.2, 0.25) is 0 Å². The number of ether oxygens (including phenoxy) is 1. The number of carbonyl (C=O) groups is 1. The van der Waals surface area contributed by atoms with E-state index in [0.717, 1.165) is 5.75 Å². The molecular formula is C22H25FN6O2. The molecule has 1 aromatic heterocycles. The summed E-state index contributed by atoms with van der Waals surface area (Å²) in [5.74, 6) is 1.06. The van der Waals surface area contributed by atoms with Crippen molar-refractivity contribution in [2.24, 2.45) is 0 Å². The summed E-state index contributed by atoms with van der Waals surface area (Å²) >= 11 is 0. The second-order valence-corrected chi connectivity index (χ2v) is 7.75. The topological polar surface area (TPSA) is 76.4 Å². The van der Waals surface area contributed by atoms with Crippen LogP contribution in [0.4, 0.5) is 4.39 Å². The van der Waals surface area contributed by atoms with E-state index in [4.69, 9.17) is 4.74 Å². The molecular weight excluding hydrogens is 399 g/mol. The number of amides is 1. The van der Waals surface area contributed by atoms with Gasteiger partial charge in [-0.1, -0.05) is 6.07 Å². The molecule has 0 bridgehead atoms. The quantitative estimate of drug-likeness (QED) is 0.605. The van der Waals surface area contributed by atoms with Crippen LogP contribution in [0.15, 0.2) is 48.5 Å². The fourth-order valence-electron chi connectivity index (χ4n) is 3.55. The maximum Gasteiger partial charge on any atom is 0.253 e. The molecule has 0 N–H and O–H groups in total. The van der Waals surface area contributed by atoms with Crippen LogP contribution in [0.2, 0.25) is 0 Å². The standard InChI is InChI=1S/C22H25FN6O2/c1-16(2)31-20-8-6-17(7-9-20)22(30)28-12-10-27(11-13-28)15-21-24-25-26-29(21)19-5-3-4-18(23)14-19/h3-9,14,16H,10-13,15H2,1-2H3. The van der Waals surface area contributed by atoms with E-state index in [-0.39, 0.29) is 17.8 Å². The normalized spacial score (nSPS) is 14.8. The Morgan fingerprint density at radius 1 is 1.10 bits per heavy atom. The van der Waals surface area contributed by atoms with Crippen LogP contribution in [0.25, 0.3) is 5.69 Å². The number of hydrogen-bond donors (Lipinski definition) is 0. The molecule has 4 rings (SSSR count). The van der Waals surface area contributed by atoms with E-state index >= 15 is 0 Å². The van der Waals surface area contributed by atoms with Crippen molar-refractivity contribution in [3.05, 3.63) is 65.7 Å². The highest BCUT2D eigenvalue weighted by Crippen LogP contribution is 2.17. The first-order valence-corrected chi connectivity index (χ1v) is 10.3. The van der Waals surface area contributed by atoms with Gasteiger partial charge < -0.3 is 9.64 Å². The highest BCUT2D eigenvalue weighted by molar-refractivity contribution is 5.94. The van der Waals surface area contributed by atoms with Gasteiger partial charge in [-0.25, -0.2) is 4.39 Å². The molecule has 8 nitrogen and oxygen atoms in total. The first-order valence-electron chi connectivity index (χ1n) is 10.3. The molecule has 0 atom stereocenters. The number of piperazine rings is 1. The molecule has 0 saturated carbocycles. The monoisotopic (exact) mass is 424 g/mol. The summed E-state index contributed by atoms with van der Waals surface area (Å²) in [5.41, 5.74) is 1.23. The Balaban J connectivity index is 1.34. The molecule has 1 saturated heterocycles. The fourth-order valence-corrected chi connectivity index (χ4v) is 3.55. The molecule has 9 heteroatoms. The molecule has 31 heavy (non-hydrogen) atoms. The highest BCUT2D eigenvalue weighted by atomic mass is 19.1. The minimum absolute atomic E-state index is 0.0142. The third-order valence-electron chi connectivity index (χ3n) is 5.08. The van der Waals surface area contributed by atoms with Gasteiger partial charge in [-0.15, -0.1) is 5.10 Å². The van der Waals surface area contributed by atoms with E-state index in [1.807, 2.05) is 30.9 Å². The summed E-state index contributed by atoms with van der Waals surface area (Å²) in [4.78, 5) is 16.9. The molecule has 0 aliphatic carbocycles. The molecule has 0 radical (unpaired) electrons. The van der Waals surface area contributed by atoms with Crippen LogP contribution < -0.4 is 4.74 Å². The van der Waals surface area contributed by atoms with E-state index in [0.29, 0.717) is 49.8 Å². The van der Waals surface area contributed by atoms with Crippen LogP contribution in [0, 0.1) is 5.82 Å². The van der Waals surface area contributed by atoms with Crippen LogP contribution in [-0.4, -0.2) is 68.2 Å². The number of hydrogen-bond acceptors (Lipinski definition) is 6. The predicted octanol–water partition coefficient (Wildman–Crippen LogP) is 2.55. The Hall–Kier alpha value is -3.33. The summed E-state index contributed by atoms with van der Waals surface area (Å²) in [6, 6.07) is 13.4. The Labute approximate surface area is 180 Å². The van der Waals surface area contributed by atoms with Crippen molar-refractivity contribution in [3.63, 3.8) is 0 Å². The van der Waals surface area contributed by atoms with E-state index in [2.05, 4.69) is 20.4 Å². The fraction of sp³-hybridized carbons (Fsp3) is 0.364. The Morgan fingerprint density at radius 3 is 2.52 bits per heavy atom. The second-order valence-electron chi connectivity index (χ2n) is 7.75. The smallest absolute Gasteiger partial charge is 0.253 e. The van der Waals surface area contributed by atoms with Crippen molar-refractivity contribution in [1.82, 2.24) is 30.0 Å². The van der Waals surface area contributed by atoms with Crippen molar-refractivity contribution in [2.75, 3.05) is 26.2 Å². The maximum absolute atomic E-state index is 13.5. The maximum atomic E-state index is 13.5. The van der Waals surface area contributed by atoms with Gasteiger partial charge in [-0.3, -0.25) is 9.69 Å². The van der Waals surface area contributed by atoms with Gasteiger partial charge in [0.05, 0.1) is 18.3 Å². The lowest BCUT2D eigenvalue weighted by atomic mass is 10.1. The molecule has 2 heterocycles. The van der Waals surface area contributed by atoms with Crippen LogP contribution in [-0.2, 0) is 6.54 Å². The van der Waals surface area contributed by atoms with Gasteiger partial charge in [0.15, 0.2) is 5.82 Å². The number of aromatic nitrogens is 4. The molecule has 1 aliphatic heterocycles. The first-order chi connectivity index (χ1) is 15.0. The third-order valence-corrected chi connectivity index (χ3v) is 5.08. The molecule has 2 aromatic carbocycles. The van der Waals surface area contributed by atoms with E-state index < -0.39 is 0 Å². The summed E-state index contributed by atoms with van der Waals surface area (Å²) in [5, 5.41) is 11.8. The minimum Gasteiger partial charge on any atom is -0.491 e. The summed E-state index contributed by atoms with van der Waals surface area (Å²) in [6.07, 6.45) is 0.0940. The Morgan fingerprint density at radius 2 is 1.84 bits per heavy atom. The number of rotatable bonds is 6. The summed E-state index contributed by atoms with van der Waals surface area (Å²) in [6.45, 7) is 7.10. The lowest BCUT2D eigenvalue weighted by molar-refractivity contribution is 0.0624. The number of nitrogens with zero attached hydrogens (tertiary/aromatic N) is 6. The molecule has 0 unspecified atom stereocenters. The number of benzene rings is 2. The lowest BCUT2D eigenvalue weighted by Gasteiger charge is -2.34. The number of carbonyl (C=O) groups excluding carboxylic acids is 1. The zero-order chi connectivity index (χ0) is 21.8. The van der Waals surface area contributed by atoms with Crippen molar-refractivity contribution in [2.45, 2.75) is 26.5 Å². The van der Waals surface area contributed by atoms with Crippen LogP contribution in [0.5, 0.6) is 5.75 Å². The molecule has 1 fully saturated rings. The first kappa shape index (κ1) is 20.9. The Kier molecular flexibility index (Phi) is 6.22. The molecule has 1 amide bonds. The average Bonchev–Trinajstić information content (AvgIpc) is 3.22. The highest BCUT2D eigenvalue weighted by Gasteiger charge is 2.23. The van der Waals surface area contributed by atoms with Gasteiger partial charge >= 0.3 is 0 Å². The minimum atomic E-state index is -0.338. The van der Waals surface area contributed by atoms with E-state index in [1.165, 1.54) is 12.1 Å². The summed E-state index contributed by atoms with van der Waals surface area (Å²) < 4.78 is 20.7. The SMILES string of the molecule is CC(C)Oc1ccc(C(=O)N2CCN(Cc3nnnn3-c3cccc(F)c3)CC2)cc1. The predicted molar refractivity (Wildman–Crippen MR) is 112 cm³/mol. The lowest BCUT2D eigenvalue weighted by Crippen LogP contribution is -2.48. The van der Waals surface area contributed by atoms with Gasteiger partial charge in [0.25, 0.3) is 5.91 Å². The second kappa shape index (κ2) is 9.22. The van der Waals surface area contributed by atoms with Gasteiger partial charge in [-0.05, 0) is 66.7 Å². The Bertz CT molecular complexity index is 1030. The van der Waals surface area contributed by atoms with Gasteiger partial charge in [0.1, 0.15) is 11.6 Å². The average molecular weight is 424 g/mol. The van der Waals surface area contributed by atoms with Crippen molar-refractivity contribution in [1.29, 1.82) is 0 Å². The van der Waals surface area contributed by atoms with Crippen molar-refractivity contribution < 1.29 is 13.9 Å². The molecule has 3 aromatic rings. The molecule has 0 spiro atoms. The largest absolute Gasteiger partial charge is 0.491 e. The van der Waals surface area contributed by atoms with Crippen molar-refractivity contribution in [3.8, 4) is 11.4 Å². The van der Waals surface area contributed by atoms with E-state index in [1.54, 1.807) is 28.9 Å². The number of tetrazole rings is 1. The molecule has 162 valence electrons.